The Hall–Kier alpha value is -1.84. The number of ether oxygens (including phenoxy) is 1. The number of rotatable bonds is 5. The molecule has 0 aliphatic heterocycles. The molecule has 4 nitrogen and oxygen atoms in total. The van der Waals surface area contributed by atoms with E-state index in [1.165, 1.54) is 25.7 Å². The van der Waals surface area contributed by atoms with Gasteiger partial charge in [0, 0.05) is 11.6 Å². The summed E-state index contributed by atoms with van der Waals surface area (Å²) in [7, 11) is 0. The van der Waals surface area contributed by atoms with Crippen molar-refractivity contribution in [3.8, 4) is 0 Å². The number of amides is 1. The molecule has 0 bridgehead atoms. The molecule has 1 aromatic carbocycles. The minimum atomic E-state index is -0.338. The SMILES string of the molecule is CC(C)COC(=O)c1ccc(C(=O)NC2CCCCCC2)cc1. The molecule has 0 atom stereocenters. The van der Waals surface area contributed by atoms with Crippen molar-refractivity contribution >= 4 is 11.9 Å². The summed E-state index contributed by atoms with van der Waals surface area (Å²) < 4.78 is 5.19. The predicted molar refractivity (Wildman–Crippen MR) is 90.5 cm³/mol. The van der Waals surface area contributed by atoms with Gasteiger partial charge in [-0.2, -0.15) is 0 Å². The Labute approximate surface area is 138 Å². The van der Waals surface area contributed by atoms with Crippen LogP contribution in [0.25, 0.3) is 0 Å². The fourth-order valence-corrected chi connectivity index (χ4v) is 2.78. The first-order valence-corrected chi connectivity index (χ1v) is 8.64. The number of carbonyl (C=O) groups is 2. The van der Waals surface area contributed by atoms with Crippen LogP contribution in [0.3, 0.4) is 0 Å². The highest BCUT2D eigenvalue weighted by molar-refractivity contribution is 5.96. The van der Waals surface area contributed by atoms with Crippen LogP contribution in [0.4, 0.5) is 0 Å². The maximum atomic E-state index is 12.3. The van der Waals surface area contributed by atoms with Gasteiger partial charge in [0.25, 0.3) is 5.91 Å². The van der Waals surface area contributed by atoms with E-state index in [1.807, 2.05) is 13.8 Å². The predicted octanol–water partition coefficient (Wildman–Crippen LogP) is 3.95. The molecule has 1 N–H and O–H groups in total. The Balaban J connectivity index is 1.90. The molecular formula is C19H27NO3. The van der Waals surface area contributed by atoms with E-state index in [0.29, 0.717) is 23.7 Å². The van der Waals surface area contributed by atoms with E-state index in [4.69, 9.17) is 4.74 Å². The van der Waals surface area contributed by atoms with Crippen LogP contribution in [-0.2, 0) is 4.74 Å². The van der Waals surface area contributed by atoms with Gasteiger partial charge in [-0.3, -0.25) is 4.79 Å². The van der Waals surface area contributed by atoms with Crippen molar-refractivity contribution in [2.24, 2.45) is 5.92 Å². The third-order valence-corrected chi connectivity index (χ3v) is 4.12. The molecule has 0 heterocycles. The normalized spacial score (nSPS) is 16.0. The molecule has 2 rings (SSSR count). The Morgan fingerprint density at radius 1 is 1.04 bits per heavy atom. The zero-order chi connectivity index (χ0) is 16.7. The molecular weight excluding hydrogens is 290 g/mol. The van der Waals surface area contributed by atoms with Crippen LogP contribution in [0.15, 0.2) is 24.3 Å². The highest BCUT2D eigenvalue weighted by atomic mass is 16.5. The topological polar surface area (TPSA) is 55.4 Å². The summed E-state index contributed by atoms with van der Waals surface area (Å²) in [6, 6.07) is 6.98. The molecule has 0 aromatic heterocycles. The second kappa shape index (κ2) is 8.70. The third-order valence-electron chi connectivity index (χ3n) is 4.12. The van der Waals surface area contributed by atoms with E-state index in [-0.39, 0.29) is 17.9 Å². The molecule has 0 radical (unpaired) electrons. The summed E-state index contributed by atoms with van der Waals surface area (Å²) in [5.41, 5.74) is 1.08. The zero-order valence-corrected chi connectivity index (χ0v) is 14.1. The van der Waals surface area contributed by atoms with E-state index in [2.05, 4.69) is 5.32 Å². The molecule has 1 aromatic rings. The number of hydrogen-bond donors (Lipinski definition) is 1. The molecule has 23 heavy (non-hydrogen) atoms. The van der Waals surface area contributed by atoms with E-state index in [1.54, 1.807) is 24.3 Å². The molecule has 4 heteroatoms. The molecule has 1 amide bonds. The van der Waals surface area contributed by atoms with Gasteiger partial charge in [0.1, 0.15) is 0 Å². The maximum Gasteiger partial charge on any atom is 0.338 e. The average molecular weight is 317 g/mol. The quantitative estimate of drug-likeness (QED) is 0.661. The molecule has 126 valence electrons. The summed E-state index contributed by atoms with van der Waals surface area (Å²) in [4.78, 5) is 24.2. The van der Waals surface area contributed by atoms with Crippen LogP contribution >= 0.6 is 0 Å². The summed E-state index contributed by atoms with van der Waals surface area (Å²) in [6.07, 6.45) is 7.02. The van der Waals surface area contributed by atoms with Gasteiger partial charge in [-0.25, -0.2) is 4.79 Å². The molecule has 1 aliphatic rings. The van der Waals surface area contributed by atoms with Gasteiger partial charge in [0.05, 0.1) is 12.2 Å². The monoisotopic (exact) mass is 317 g/mol. The smallest absolute Gasteiger partial charge is 0.338 e. The minimum Gasteiger partial charge on any atom is -0.462 e. The highest BCUT2D eigenvalue weighted by Gasteiger charge is 2.16. The largest absolute Gasteiger partial charge is 0.462 e. The molecule has 1 fully saturated rings. The van der Waals surface area contributed by atoms with Gasteiger partial charge < -0.3 is 10.1 Å². The first kappa shape index (κ1) is 17.5. The Bertz CT molecular complexity index is 514. The molecule has 0 saturated heterocycles. The van der Waals surface area contributed by atoms with Gasteiger partial charge in [-0.15, -0.1) is 0 Å². The van der Waals surface area contributed by atoms with Crippen LogP contribution in [0.1, 0.15) is 73.1 Å². The second-order valence-corrected chi connectivity index (χ2v) is 6.73. The Kier molecular flexibility index (Phi) is 6.63. The zero-order valence-electron chi connectivity index (χ0n) is 14.1. The summed E-state index contributed by atoms with van der Waals surface area (Å²) >= 11 is 0. The van der Waals surface area contributed by atoms with Crippen molar-refractivity contribution in [3.63, 3.8) is 0 Å². The van der Waals surface area contributed by atoms with Crippen molar-refractivity contribution in [2.45, 2.75) is 58.4 Å². The minimum absolute atomic E-state index is 0.0565. The standard InChI is InChI=1S/C19H27NO3/c1-14(2)13-23-19(22)16-11-9-15(10-12-16)18(21)20-17-7-5-3-4-6-8-17/h9-12,14,17H,3-8,13H2,1-2H3,(H,20,21). The van der Waals surface area contributed by atoms with E-state index in [0.717, 1.165) is 12.8 Å². The van der Waals surface area contributed by atoms with Crippen molar-refractivity contribution in [1.82, 2.24) is 5.32 Å². The lowest BCUT2D eigenvalue weighted by atomic mass is 10.1. The number of hydrogen-bond acceptors (Lipinski definition) is 3. The van der Waals surface area contributed by atoms with E-state index >= 15 is 0 Å². The molecule has 0 unspecified atom stereocenters. The van der Waals surface area contributed by atoms with Crippen LogP contribution in [-0.4, -0.2) is 24.5 Å². The fourth-order valence-electron chi connectivity index (χ4n) is 2.78. The van der Waals surface area contributed by atoms with Crippen molar-refractivity contribution in [3.05, 3.63) is 35.4 Å². The third kappa shape index (κ3) is 5.70. The van der Waals surface area contributed by atoms with Gasteiger partial charge in [-0.05, 0) is 43.0 Å². The Morgan fingerprint density at radius 2 is 1.61 bits per heavy atom. The molecule has 0 spiro atoms. The molecule has 1 saturated carbocycles. The first-order valence-electron chi connectivity index (χ1n) is 8.64. The fraction of sp³-hybridized carbons (Fsp3) is 0.579. The van der Waals surface area contributed by atoms with Crippen LogP contribution < -0.4 is 5.32 Å². The lowest BCUT2D eigenvalue weighted by molar-refractivity contribution is 0.0458. The summed E-state index contributed by atoms with van der Waals surface area (Å²) in [6.45, 7) is 4.39. The van der Waals surface area contributed by atoms with E-state index < -0.39 is 0 Å². The van der Waals surface area contributed by atoms with Crippen LogP contribution in [0.2, 0.25) is 0 Å². The average Bonchev–Trinajstić information content (AvgIpc) is 2.81. The molecule has 1 aliphatic carbocycles. The highest BCUT2D eigenvalue weighted by Crippen LogP contribution is 2.17. The van der Waals surface area contributed by atoms with E-state index in [9.17, 15) is 9.59 Å². The van der Waals surface area contributed by atoms with Crippen molar-refractivity contribution in [1.29, 1.82) is 0 Å². The lowest BCUT2D eigenvalue weighted by Gasteiger charge is -2.16. The maximum absolute atomic E-state index is 12.3. The number of esters is 1. The van der Waals surface area contributed by atoms with Gasteiger partial charge in [0.15, 0.2) is 0 Å². The van der Waals surface area contributed by atoms with Gasteiger partial charge in [-0.1, -0.05) is 39.5 Å². The lowest BCUT2D eigenvalue weighted by Crippen LogP contribution is -2.34. The van der Waals surface area contributed by atoms with Gasteiger partial charge in [0.2, 0.25) is 0 Å². The number of benzene rings is 1. The number of nitrogens with one attached hydrogen (secondary N) is 1. The summed E-state index contributed by atoms with van der Waals surface area (Å²) in [5.74, 6) is -0.0861. The first-order chi connectivity index (χ1) is 11.1. The van der Waals surface area contributed by atoms with Crippen molar-refractivity contribution < 1.29 is 14.3 Å². The Morgan fingerprint density at radius 3 is 2.17 bits per heavy atom. The summed E-state index contributed by atoms with van der Waals surface area (Å²) in [5, 5.41) is 3.11. The van der Waals surface area contributed by atoms with Crippen molar-refractivity contribution in [2.75, 3.05) is 6.61 Å². The van der Waals surface area contributed by atoms with Crippen LogP contribution in [0.5, 0.6) is 0 Å². The second-order valence-electron chi connectivity index (χ2n) is 6.73. The van der Waals surface area contributed by atoms with Crippen LogP contribution in [0, 0.1) is 5.92 Å². The van der Waals surface area contributed by atoms with Gasteiger partial charge >= 0.3 is 5.97 Å². The number of carbonyl (C=O) groups excluding carboxylic acids is 2.